The maximum Gasteiger partial charge on any atom is 0.225 e. The molecule has 0 aliphatic carbocycles. The number of likely N-dealkylation sites (tertiary alicyclic amines) is 1. The molecule has 7 nitrogen and oxygen atoms in total. The van der Waals surface area contributed by atoms with Gasteiger partial charge in [0.2, 0.25) is 11.8 Å². The molecule has 2 unspecified atom stereocenters. The number of ether oxygens (including phenoxy) is 2. The predicted molar refractivity (Wildman–Crippen MR) is 99.2 cm³/mol. The quantitative estimate of drug-likeness (QED) is 0.681. The standard InChI is InChI=1S/C19H29N3O4/c1-13(20)6-8-21-19(24)15-11-18(23)22(12-15)9-7-14-4-5-16(25-2)17(10-14)26-3/h4-5,10,13,15H,6-9,11-12,20H2,1-3H3,(H,21,24). The average molecular weight is 363 g/mol. The lowest BCUT2D eigenvalue weighted by Crippen LogP contribution is -2.35. The number of amides is 2. The summed E-state index contributed by atoms with van der Waals surface area (Å²) in [6, 6.07) is 5.78. The van der Waals surface area contributed by atoms with Gasteiger partial charge in [-0.15, -0.1) is 0 Å². The second-order valence-corrected chi connectivity index (χ2v) is 6.74. The van der Waals surface area contributed by atoms with Crippen molar-refractivity contribution >= 4 is 11.8 Å². The highest BCUT2D eigenvalue weighted by Crippen LogP contribution is 2.28. The Morgan fingerprint density at radius 2 is 2.08 bits per heavy atom. The first-order chi connectivity index (χ1) is 12.4. The van der Waals surface area contributed by atoms with E-state index in [0.29, 0.717) is 37.6 Å². The molecule has 1 aromatic carbocycles. The molecule has 2 rings (SSSR count). The minimum Gasteiger partial charge on any atom is -0.493 e. The summed E-state index contributed by atoms with van der Waals surface area (Å²) in [5.41, 5.74) is 6.74. The second kappa shape index (κ2) is 9.43. The number of carbonyl (C=O) groups is 2. The number of nitrogens with zero attached hydrogens (tertiary/aromatic N) is 1. The fourth-order valence-corrected chi connectivity index (χ4v) is 3.03. The number of nitrogens with one attached hydrogen (secondary N) is 1. The van der Waals surface area contributed by atoms with Gasteiger partial charge in [0.25, 0.3) is 0 Å². The van der Waals surface area contributed by atoms with Crippen LogP contribution in [0.4, 0.5) is 0 Å². The van der Waals surface area contributed by atoms with E-state index < -0.39 is 0 Å². The van der Waals surface area contributed by atoms with Gasteiger partial charge in [-0.3, -0.25) is 9.59 Å². The number of nitrogens with two attached hydrogens (primary N) is 1. The van der Waals surface area contributed by atoms with Gasteiger partial charge in [0.15, 0.2) is 11.5 Å². The molecule has 1 saturated heterocycles. The first kappa shape index (κ1) is 20.0. The third-order valence-electron chi connectivity index (χ3n) is 4.60. The third-order valence-corrected chi connectivity index (χ3v) is 4.60. The van der Waals surface area contributed by atoms with Crippen molar-refractivity contribution in [2.45, 2.75) is 32.2 Å². The monoisotopic (exact) mass is 363 g/mol. The summed E-state index contributed by atoms with van der Waals surface area (Å²) in [6.45, 7) is 3.50. The molecule has 26 heavy (non-hydrogen) atoms. The van der Waals surface area contributed by atoms with Gasteiger partial charge in [-0.05, 0) is 37.5 Å². The molecule has 1 fully saturated rings. The molecule has 1 aromatic rings. The molecule has 3 N–H and O–H groups in total. The highest BCUT2D eigenvalue weighted by Gasteiger charge is 2.33. The fraction of sp³-hybridized carbons (Fsp3) is 0.579. The topological polar surface area (TPSA) is 93.9 Å². The smallest absolute Gasteiger partial charge is 0.225 e. The van der Waals surface area contributed by atoms with Gasteiger partial charge in [-0.25, -0.2) is 0 Å². The number of carbonyl (C=O) groups excluding carboxylic acids is 2. The van der Waals surface area contributed by atoms with Crippen molar-refractivity contribution in [2.75, 3.05) is 33.9 Å². The lowest BCUT2D eigenvalue weighted by Gasteiger charge is -2.17. The van der Waals surface area contributed by atoms with Crippen LogP contribution in [0.1, 0.15) is 25.3 Å². The minimum absolute atomic E-state index is 0.0258. The molecule has 0 radical (unpaired) electrons. The number of rotatable bonds is 9. The zero-order valence-corrected chi connectivity index (χ0v) is 15.8. The normalized spacial score (nSPS) is 17.9. The van der Waals surface area contributed by atoms with E-state index in [1.807, 2.05) is 25.1 Å². The molecule has 0 saturated carbocycles. The largest absolute Gasteiger partial charge is 0.493 e. The third kappa shape index (κ3) is 5.36. The van der Waals surface area contributed by atoms with Crippen LogP contribution in [0.25, 0.3) is 0 Å². The van der Waals surface area contributed by atoms with Crippen LogP contribution in [-0.4, -0.2) is 56.6 Å². The van der Waals surface area contributed by atoms with Gasteiger partial charge < -0.3 is 25.4 Å². The summed E-state index contributed by atoms with van der Waals surface area (Å²) in [6.07, 6.45) is 1.70. The molecular weight excluding hydrogens is 334 g/mol. The minimum atomic E-state index is -0.277. The van der Waals surface area contributed by atoms with Crippen LogP contribution < -0.4 is 20.5 Å². The molecular formula is C19H29N3O4. The van der Waals surface area contributed by atoms with Crippen LogP contribution >= 0.6 is 0 Å². The van der Waals surface area contributed by atoms with Gasteiger partial charge in [0.1, 0.15) is 0 Å². The summed E-state index contributed by atoms with van der Waals surface area (Å²) in [5.74, 6) is 1.03. The fourth-order valence-electron chi connectivity index (χ4n) is 3.03. The molecule has 0 bridgehead atoms. The van der Waals surface area contributed by atoms with Gasteiger partial charge >= 0.3 is 0 Å². The summed E-state index contributed by atoms with van der Waals surface area (Å²) < 4.78 is 10.5. The first-order valence-corrected chi connectivity index (χ1v) is 8.96. The van der Waals surface area contributed by atoms with Crippen LogP contribution in [-0.2, 0) is 16.0 Å². The lowest BCUT2D eigenvalue weighted by atomic mass is 10.1. The Morgan fingerprint density at radius 3 is 2.73 bits per heavy atom. The number of hydrogen-bond acceptors (Lipinski definition) is 5. The summed E-state index contributed by atoms with van der Waals surface area (Å²) in [4.78, 5) is 26.1. The van der Waals surface area contributed by atoms with Crippen molar-refractivity contribution in [3.63, 3.8) is 0 Å². The average Bonchev–Trinajstić information content (AvgIpc) is 3.00. The number of hydrogen-bond donors (Lipinski definition) is 2. The van der Waals surface area contributed by atoms with Crippen molar-refractivity contribution in [3.8, 4) is 11.5 Å². The zero-order valence-electron chi connectivity index (χ0n) is 15.8. The summed E-state index contributed by atoms with van der Waals surface area (Å²) in [5, 5.41) is 2.87. The Morgan fingerprint density at radius 1 is 1.35 bits per heavy atom. The molecule has 0 aromatic heterocycles. The van der Waals surface area contributed by atoms with Crippen LogP contribution in [0.3, 0.4) is 0 Å². The van der Waals surface area contributed by atoms with Gasteiger partial charge in [-0.1, -0.05) is 6.07 Å². The Balaban J connectivity index is 1.85. The molecule has 7 heteroatoms. The maximum atomic E-state index is 12.2. The maximum absolute atomic E-state index is 12.2. The van der Waals surface area contributed by atoms with E-state index in [1.165, 1.54) is 0 Å². The van der Waals surface area contributed by atoms with E-state index in [2.05, 4.69) is 5.32 Å². The highest BCUT2D eigenvalue weighted by molar-refractivity contribution is 5.89. The van der Waals surface area contributed by atoms with Crippen LogP contribution in [0.15, 0.2) is 18.2 Å². The molecule has 144 valence electrons. The Kier molecular flexibility index (Phi) is 7.26. The van der Waals surface area contributed by atoms with Crippen molar-refractivity contribution in [1.29, 1.82) is 0 Å². The van der Waals surface area contributed by atoms with Crippen molar-refractivity contribution in [3.05, 3.63) is 23.8 Å². The lowest BCUT2D eigenvalue weighted by molar-refractivity contribution is -0.129. The van der Waals surface area contributed by atoms with Gasteiger partial charge in [-0.2, -0.15) is 0 Å². The van der Waals surface area contributed by atoms with Crippen LogP contribution in [0.5, 0.6) is 11.5 Å². The second-order valence-electron chi connectivity index (χ2n) is 6.74. The molecule has 2 amide bonds. The SMILES string of the molecule is COc1ccc(CCN2CC(C(=O)NCCC(C)N)CC2=O)cc1OC. The Labute approximate surface area is 154 Å². The van der Waals surface area contributed by atoms with Crippen molar-refractivity contribution < 1.29 is 19.1 Å². The van der Waals surface area contributed by atoms with E-state index in [0.717, 1.165) is 12.0 Å². The predicted octanol–water partition coefficient (Wildman–Crippen LogP) is 0.948. The first-order valence-electron chi connectivity index (χ1n) is 8.96. The van der Waals surface area contributed by atoms with E-state index in [-0.39, 0.29) is 30.2 Å². The molecule has 0 spiro atoms. The molecule has 2 atom stereocenters. The number of benzene rings is 1. The van der Waals surface area contributed by atoms with Crippen molar-refractivity contribution in [1.82, 2.24) is 10.2 Å². The zero-order chi connectivity index (χ0) is 19.1. The highest BCUT2D eigenvalue weighted by atomic mass is 16.5. The molecule has 1 heterocycles. The van der Waals surface area contributed by atoms with Gasteiger partial charge in [0, 0.05) is 32.1 Å². The van der Waals surface area contributed by atoms with Crippen LogP contribution in [0, 0.1) is 5.92 Å². The van der Waals surface area contributed by atoms with Gasteiger partial charge in [0.05, 0.1) is 20.1 Å². The summed E-state index contributed by atoms with van der Waals surface area (Å²) >= 11 is 0. The Hall–Kier alpha value is -2.28. The summed E-state index contributed by atoms with van der Waals surface area (Å²) in [7, 11) is 3.19. The molecule has 1 aliphatic heterocycles. The van der Waals surface area contributed by atoms with Crippen LogP contribution in [0.2, 0.25) is 0 Å². The van der Waals surface area contributed by atoms with E-state index in [9.17, 15) is 9.59 Å². The van der Waals surface area contributed by atoms with E-state index >= 15 is 0 Å². The van der Waals surface area contributed by atoms with Crippen molar-refractivity contribution in [2.24, 2.45) is 11.7 Å². The Bertz CT molecular complexity index is 633. The molecule has 1 aliphatic rings. The number of methoxy groups -OCH3 is 2. The van der Waals surface area contributed by atoms with E-state index in [1.54, 1.807) is 19.1 Å². The van der Waals surface area contributed by atoms with E-state index in [4.69, 9.17) is 15.2 Å².